The summed E-state index contributed by atoms with van der Waals surface area (Å²) >= 11 is -0.586. The maximum atomic E-state index is 4.89. The summed E-state index contributed by atoms with van der Waals surface area (Å²) in [6.07, 6.45) is 0. The Balaban J connectivity index is 0.000000322. The minimum atomic E-state index is -0.981. The molecule has 0 bridgehead atoms. The van der Waals surface area contributed by atoms with Gasteiger partial charge in [-0.2, -0.15) is 34.6 Å². The Labute approximate surface area is 149 Å². The summed E-state index contributed by atoms with van der Waals surface area (Å²) < 4.78 is 0. The molecule has 0 saturated heterocycles. The predicted octanol–water partition coefficient (Wildman–Crippen LogP) is 5.28. The van der Waals surface area contributed by atoms with Crippen LogP contribution in [0.5, 0.6) is 0 Å². The van der Waals surface area contributed by atoms with Gasteiger partial charge in [0.1, 0.15) is 0 Å². The molecule has 0 nitrogen and oxygen atoms in total. The molecule has 21 heavy (non-hydrogen) atoms. The molecular formula is C16H26Cl2MoSi2-2. The van der Waals surface area contributed by atoms with Gasteiger partial charge in [0.05, 0.1) is 0 Å². The Kier molecular flexibility index (Phi) is 10.4. The van der Waals surface area contributed by atoms with E-state index in [1.54, 1.807) is 10.4 Å². The fraction of sp³-hybridized carbons (Fsp3) is 0.375. The van der Waals surface area contributed by atoms with E-state index in [1.807, 2.05) is 0 Å². The van der Waals surface area contributed by atoms with Crippen molar-refractivity contribution in [3.8, 4) is 0 Å². The van der Waals surface area contributed by atoms with Crippen molar-refractivity contribution in [1.29, 1.82) is 0 Å². The molecule has 0 aliphatic heterocycles. The molecule has 0 saturated carbocycles. The van der Waals surface area contributed by atoms with Crippen LogP contribution in [0.3, 0.4) is 0 Å². The van der Waals surface area contributed by atoms with Gasteiger partial charge in [-0.15, -0.1) is 0 Å². The topological polar surface area (TPSA) is 0 Å². The molecule has 0 aliphatic rings. The van der Waals surface area contributed by atoms with Crippen molar-refractivity contribution in [1.82, 2.24) is 0 Å². The Morgan fingerprint density at radius 3 is 0.905 bits per heavy atom. The zero-order chi connectivity index (χ0) is 16.5. The van der Waals surface area contributed by atoms with E-state index >= 15 is 0 Å². The number of halogens is 2. The van der Waals surface area contributed by atoms with Gasteiger partial charge in [0.15, 0.2) is 0 Å². The number of hydrogen-bond donors (Lipinski definition) is 0. The van der Waals surface area contributed by atoms with Crippen molar-refractivity contribution in [2.24, 2.45) is 0 Å². The first-order valence-electron chi connectivity index (χ1n) is 6.96. The molecule has 0 N–H and O–H groups in total. The van der Waals surface area contributed by atoms with Crippen LogP contribution in [-0.2, 0) is 16.5 Å². The third-order valence-corrected chi connectivity index (χ3v) is 7.19. The van der Waals surface area contributed by atoms with Gasteiger partial charge >= 0.3 is 35.3 Å². The second-order valence-corrected chi connectivity index (χ2v) is 20.1. The summed E-state index contributed by atoms with van der Waals surface area (Å²) in [7, 11) is 7.83. The Morgan fingerprint density at radius 1 is 0.619 bits per heavy atom. The van der Waals surface area contributed by atoms with Crippen LogP contribution in [0.15, 0.2) is 48.5 Å². The minimum absolute atomic E-state index is 0.586. The van der Waals surface area contributed by atoms with Gasteiger partial charge in [-0.05, 0) is 0 Å². The molecule has 0 atom stereocenters. The fourth-order valence-electron chi connectivity index (χ4n) is 1.75. The zero-order valence-electron chi connectivity index (χ0n) is 13.8. The standard InChI is InChI=1S/2C8H13Si.2ClH.Mo/c2*1-9(2,3)8-6-4-5-7-8;;;/h2*4-7H,1-3H3;2*1H;/q2*-1;;;+2/p-2. The summed E-state index contributed by atoms with van der Waals surface area (Å²) in [6.45, 7) is 14.2. The molecule has 5 heteroatoms. The van der Waals surface area contributed by atoms with Gasteiger partial charge in [0.25, 0.3) is 0 Å². The molecule has 0 radical (unpaired) electrons. The number of hydrogen-bond acceptors (Lipinski definition) is 0. The van der Waals surface area contributed by atoms with Crippen molar-refractivity contribution in [3.63, 3.8) is 0 Å². The van der Waals surface area contributed by atoms with Crippen LogP contribution < -0.4 is 10.4 Å². The third-order valence-electron chi connectivity index (χ3n) is 3.06. The quantitative estimate of drug-likeness (QED) is 0.440. The van der Waals surface area contributed by atoms with Gasteiger partial charge in [0.2, 0.25) is 0 Å². The first-order chi connectivity index (χ1) is 9.62. The summed E-state index contributed by atoms with van der Waals surface area (Å²) in [4.78, 5) is 0. The third kappa shape index (κ3) is 9.91. The fourth-order valence-corrected chi connectivity index (χ4v) is 4.13. The van der Waals surface area contributed by atoms with Crippen LogP contribution in [0.4, 0.5) is 0 Å². The summed E-state index contributed by atoms with van der Waals surface area (Å²) in [5, 5.41) is 3.12. The van der Waals surface area contributed by atoms with Gasteiger partial charge in [-0.3, -0.25) is 0 Å². The van der Waals surface area contributed by atoms with Crippen molar-refractivity contribution in [2.75, 3.05) is 0 Å². The Morgan fingerprint density at radius 2 is 0.810 bits per heavy atom. The molecule has 0 amide bonds. The summed E-state index contributed by atoms with van der Waals surface area (Å²) in [5.74, 6) is 0. The van der Waals surface area contributed by atoms with Crippen molar-refractivity contribution >= 4 is 45.4 Å². The normalized spacial score (nSPS) is 11.0. The average molecular weight is 441 g/mol. The van der Waals surface area contributed by atoms with Crippen LogP contribution in [0.25, 0.3) is 0 Å². The van der Waals surface area contributed by atoms with E-state index in [2.05, 4.69) is 87.8 Å². The van der Waals surface area contributed by atoms with E-state index in [9.17, 15) is 0 Å². The average Bonchev–Trinajstić information content (AvgIpc) is 3.03. The van der Waals surface area contributed by atoms with E-state index < -0.39 is 32.6 Å². The van der Waals surface area contributed by atoms with Crippen LogP contribution >= 0.6 is 18.8 Å². The molecule has 120 valence electrons. The molecule has 2 aromatic carbocycles. The molecule has 0 unspecified atom stereocenters. The molecule has 0 aliphatic carbocycles. The van der Waals surface area contributed by atoms with Gasteiger partial charge in [0, 0.05) is 16.1 Å². The molecule has 2 rings (SSSR count). The second-order valence-electron chi connectivity index (χ2n) is 6.91. The molecule has 0 fully saturated rings. The first-order valence-corrected chi connectivity index (χ1v) is 19.1. The molecular weight excluding hydrogens is 415 g/mol. The summed E-state index contributed by atoms with van der Waals surface area (Å²) in [6, 6.07) is 17.4. The van der Waals surface area contributed by atoms with Gasteiger partial charge < -0.3 is 0 Å². The van der Waals surface area contributed by atoms with E-state index in [1.165, 1.54) is 0 Å². The molecule has 0 heterocycles. The van der Waals surface area contributed by atoms with Crippen LogP contribution in [0.2, 0.25) is 39.3 Å². The maximum absolute atomic E-state index is 4.89. The SMILES string of the molecule is C[Si](C)(C)[c-]1cccc1.C[Si](C)(C)[c-]1cccc1.[Cl][Mo][Cl]. The molecule has 0 spiro atoms. The number of rotatable bonds is 2. The van der Waals surface area contributed by atoms with Crippen molar-refractivity contribution < 1.29 is 16.5 Å². The van der Waals surface area contributed by atoms with E-state index in [0.29, 0.717) is 0 Å². The van der Waals surface area contributed by atoms with Crippen molar-refractivity contribution in [2.45, 2.75) is 39.3 Å². The van der Waals surface area contributed by atoms with E-state index in [4.69, 9.17) is 18.8 Å². The van der Waals surface area contributed by atoms with E-state index in [0.717, 1.165) is 0 Å². The predicted molar refractivity (Wildman–Crippen MR) is 102 cm³/mol. The van der Waals surface area contributed by atoms with Crippen LogP contribution in [0, 0.1) is 0 Å². The van der Waals surface area contributed by atoms with Crippen LogP contribution in [-0.4, -0.2) is 16.1 Å². The van der Waals surface area contributed by atoms with E-state index in [-0.39, 0.29) is 0 Å². The first kappa shape index (κ1) is 21.4. The molecule has 0 aromatic heterocycles. The second kappa shape index (κ2) is 10.2. The zero-order valence-corrected chi connectivity index (χ0v) is 19.3. The monoisotopic (exact) mass is 442 g/mol. The van der Waals surface area contributed by atoms with Gasteiger partial charge in [-0.1, -0.05) is 39.3 Å². The van der Waals surface area contributed by atoms with Gasteiger partial charge in [-0.25, -0.2) is 24.3 Å². The Bertz CT molecular complexity index is 407. The summed E-state index contributed by atoms with van der Waals surface area (Å²) in [5.41, 5.74) is 0. The van der Waals surface area contributed by atoms with Crippen molar-refractivity contribution in [3.05, 3.63) is 48.5 Å². The Hall–Kier alpha value is 0.402. The van der Waals surface area contributed by atoms with Crippen LogP contribution in [0.1, 0.15) is 0 Å². The molecule has 2 aromatic rings.